The van der Waals surface area contributed by atoms with Gasteiger partial charge in [-0.2, -0.15) is 0 Å². The molecular weight excluding hydrogens is 360 g/mol. The molecule has 1 fully saturated rings. The normalized spacial score (nSPS) is 28.2. The molecule has 0 aromatic rings. The van der Waals surface area contributed by atoms with Crippen molar-refractivity contribution in [3.63, 3.8) is 0 Å². The van der Waals surface area contributed by atoms with Gasteiger partial charge in [0.1, 0.15) is 24.4 Å². The fourth-order valence-electron chi connectivity index (χ4n) is 3.40. The first-order valence-electron chi connectivity index (χ1n) is 11.2. The summed E-state index contributed by atoms with van der Waals surface area (Å²) in [6.45, 7) is 2.23. The zero-order chi connectivity index (χ0) is 20.6. The van der Waals surface area contributed by atoms with Crippen LogP contribution in [0.25, 0.3) is 0 Å². The SMILES string of the molecule is CCCCCC/C=C\CCCCCCCCOC1O[C@H](CO)[C@@H](O)[C@H](O)[C@H]1O. The Balaban J connectivity index is 1.94. The van der Waals surface area contributed by atoms with Crippen molar-refractivity contribution < 1.29 is 29.9 Å². The molecule has 0 bridgehead atoms. The summed E-state index contributed by atoms with van der Waals surface area (Å²) in [6, 6.07) is 0. The first kappa shape index (κ1) is 25.5. The Morgan fingerprint density at radius 2 is 1.32 bits per heavy atom. The van der Waals surface area contributed by atoms with Gasteiger partial charge < -0.3 is 29.9 Å². The largest absolute Gasteiger partial charge is 0.394 e. The molecule has 1 saturated heterocycles. The van der Waals surface area contributed by atoms with Crippen molar-refractivity contribution in [1.82, 2.24) is 0 Å². The van der Waals surface area contributed by atoms with Crippen molar-refractivity contribution in [2.75, 3.05) is 13.2 Å². The molecular formula is C22H42O6. The molecule has 0 amide bonds. The number of unbranched alkanes of at least 4 members (excludes halogenated alkanes) is 10. The molecule has 6 nitrogen and oxygen atoms in total. The fourth-order valence-corrected chi connectivity index (χ4v) is 3.40. The standard InChI is InChI=1S/C22H42O6/c1-2-3-4-5-6-7-8-9-10-11-12-13-14-15-16-27-22-21(26)20(25)19(24)18(17-23)28-22/h7-8,18-26H,2-6,9-17H2,1H3/b8-7-/t18-,19-,20+,21-,22?/m1/s1. The van der Waals surface area contributed by atoms with Crippen LogP contribution in [0.1, 0.15) is 84.0 Å². The molecule has 0 saturated carbocycles. The summed E-state index contributed by atoms with van der Waals surface area (Å²) in [7, 11) is 0. The van der Waals surface area contributed by atoms with Crippen LogP contribution in [0.15, 0.2) is 12.2 Å². The Kier molecular flexibility index (Phi) is 14.9. The second kappa shape index (κ2) is 16.3. The molecule has 166 valence electrons. The van der Waals surface area contributed by atoms with E-state index in [4.69, 9.17) is 14.6 Å². The van der Waals surface area contributed by atoms with Crippen LogP contribution < -0.4 is 0 Å². The van der Waals surface area contributed by atoms with Gasteiger partial charge in [0, 0.05) is 6.61 Å². The molecule has 0 radical (unpaired) electrons. The third-order valence-corrected chi connectivity index (χ3v) is 5.29. The second-order valence-electron chi connectivity index (χ2n) is 7.80. The van der Waals surface area contributed by atoms with Crippen molar-refractivity contribution in [3.8, 4) is 0 Å². The fraction of sp³-hybridized carbons (Fsp3) is 0.909. The minimum Gasteiger partial charge on any atom is -0.394 e. The van der Waals surface area contributed by atoms with Gasteiger partial charge >= 0.3 is 0 Å². The quantitative estimate of drug-likeness (QED) is 0.234. The zero-order valence-corrected chi connectivity index (χ0v) is 17.5. The number of ether oxygens (including phenoxy) is 2. The molecule has 1 aliphatic rings. The van der Waals surface area contributed by atoms with Gasteiger partial charge in [-0.1, -0.05) is 64.0 Å². The highest BCUT2D eigenvalue weighted by Gasteiger charge is 2.43. The van der Waals surface area contributed by atoms with Crippen LogP contribution in [-0.2, 0) is 9.47 Å². The highest BCUT2D eigenvalue weighted by atomic mass is 16.7. The lowest BCUT2D eigenvalue weighted by Crippen LogP contribution is -2.59. The van der Waals surface area contributed by atoms with E-state index in [0.717, 1.165) is 19.3 Å². The Morgan fingerprint density at radius 3 is 1.93 bits per heavy atom. The molecule has 0 spiro atoms. The number of hydrogen-bond acceptors (Lipinski definition) is 6. The van der Waals surface area contributed by atoms with Crippen LogP contribution in [0.4, 0.5) is 0 Å². The molecule has 5 atom stereocenters. The molecule has 4 N–H and O–H groups in total. The molecule has 28 heavy (non-hydrogen) atoms. The van der Waals surface area contributed by atoms with E-state index in [-0.39, 0.29) is 0 Å². The van der Waals surface area contributed by atoms with Gasteiger partial charge in [-0.15, -0.1) is 0 Å². The third-order valence-electron chi connectivity index (χ3n) is 5.29. The highest BCUT2D eigenvalue weighted by molar-refractivity contribution is 4.88. The maximum atomic E-state index is 9.89. The molecule has 1 aliphatic heterocycles. The average Bonchev–Trinajstić information content (AvgIpc) is 2.70. The van der Waals surface area contributed by atoms with Crippen molar-refractivity contribution in [2.45, 2.75) is 115 Å². The van der Waals surface area contributed by atoms with E-state index >= 15 is 0 Å². The third kappa shape index (κ3) is 10.3. The maximum absolute atomic E-state index is 9.89. The summed E-state index contributed by atoms with van der Waals surface area (Å²) in [6.07, 6.45) is 13.2. The van der Waals surface area contributed by atoms with Crippen LogP contribution in [-0.4, -0.2) is 64.3 Å². The topological polar surface area (TPSA) is 99.4 Å². The predicted octanol–water partition coefficient (Wildman–Crippen LogP) is 3.06. The number of allylic oxidation sites excluding steroid dienone is 2. The van der Waals surface area contributed by atoms with E-state index in [1.54, 1.807) is 0 Å². The van der Waals surface area contributed by atoms with Crippen LogP contribution in [0.2, 0.25) is 0 Å². The van der Waals surface area contributed by atoms with Gasteiger partial charge in [-0.25, -0.2) is 0 Å². The Bertz CT molecular complexity index is 387. The van der Waals surface area contributed by atoms with E-state index in [2.05, 4.69) is 19.1 Å². The van der Waals surface area contributed by atoms with Crippen molar-refractivity contribution >= 4 is 0 Å². The first-order valence-corrected chi connectivity index (χ1v) is 11.2. The highest BCUT2D eigenvalue weighted by Crippen LogP contribution is 2.22. The molecule has 1 rings (SSSR count). The first-order chi connectivity index (χ1) is 13.6. The summed E-state index contributed by atoms with van der Waals surface area (Å²) in [5.74, 6) is 0. The Hall–Kier alpha value is -0.500. The van der Waals surface area contributed by atoms with Crippen molar-refractivity contribution in [3.05, 3.63) is 12.2 Å². The minimum atomic E-state index is -1.37. The van der Waals surface area contributed by atoms with Gasteiger partial charge in [0.25, 0.3) is 0 Å². The Morgan fingerprint density at radius 1 is 0.750 bits per heavy atom. The summed E-state index contributed by atoms with van der Waals surface area (Å²) >= 11 is 0. The van der Waals surface area contributed by atoms with E-state index in [1.165, 1.54) is 57.8 Å². The van der Waals surface area contributed by atoms with E-state index in [9.17, 15) is 15.3 Å². The smallest absolute Gasteiger partial charge is 0.186 e. The van der Waals surface area contributed by atoms with Crippen LogP contribution in [0, 0.1) is 0 Å². The monoisotopic (exact) mass is 402 g/mol. The van der Waals surface area contributed by atoms with Gasteiger partial charge in [-0.3, -0.25) is 0 Å². The van der Waals surface area contributed by atoms with E-state index < -0.39 is 37.3 Å². The molecule has 0 aromatic heterocycles. The minimum absolute atomic E-state index is 0.420. The molecule has 1 heterocycles. The average molecular weight is 403 g/mol. The zero-order valence-electron chi connectivity index (χ0n) is 17.5. The lowest BCUT2D eigenvalue weighted by atomic mass is 9.99. The molecule has 6 heteroatoms. The summed E-state index contributed by atoms with van der Waals surface area (Å²) < 4.78 is 10.8. The molecule has 0 aromatic carbocycles. The van der Waals surface area contributed by atoms with Gasteiger partial charge in [0.15, 0.2) is 6.29 Å². The van der Waals surface area contributed by atoms with Gasteiger partial charge in [0.2, 0.25) is 0 Å². The van der Waals surface area contributed by atoms with Gasteiger partial charge in [-0.05, 0) is 32.1 Å². The summed E-state index contributed by atoms with van der Waals surface area (Å²) in [4.78, 5) is 0. The number of aliphatic hydroxyl groups is 4. The number of rotatable bonds is 16. The van der Waals surface area contributed by atoms with Crippen LogP contribution >= 0.6 is 0 Å². The summed E-state index contributed by atoms with van der Waals surface area (Å²) in [5.41, 5.74) is 0. The maximum Gasteiger partial charge on any atom is 0.186 e. The lowest BCUT2D eigenvalue weighted by Gasteiger charge is -2.39. The predicted molar refractivity (Wildman–Crippen MR) is 110 cm³/mol. The van der Waals surface area contributed by atoms with Crippen molar-refractivity contribution in [2.24, 2.45) is 0 Å². The lowest BCUT2D eigenvalue weighted by molar-refractivity contribution is -0.301. The second-order valence-corrected chi connectivity index (χ2v) is 7.80. The summed E-state index contributed by atoms with van der Waals surface area (Å²) in [5, 5.41) is 38.5. The number of aliphatic hydroxyl groups excluding tert-OH is 4. The van der Waals surface area contributed by atoms with Crippen LogP contribution in [0.3, 0.4) is 0 Å². The van der Waals surface area contributed by atoms with Gasteiger partial charge in [0.05, 0.1) is 6.61 Å². The number of hydrogen-bond donors (Lipinski definition) is 4. The van der Waals surface area contributed by atoms with E-state index in [1.807, 2.05) is 0 Å². The van der Waals surface area contributed by atoms with E-state index in [0.29, 0.717) is 6.61 Å². The van der Waals surface area contributed by atoms with Crippen molar-refractivity contribution in [1.29, 1.82) is 0 Å². The van der Waals surface area contributed by atoms with Crippen LogP contribution in [0.5, 0.6) is 0 Å². The Labute approximate surface area is 170 Å². The molecule has 1 unspecified atom stereocenters. The molecule has 0 aliphatic carbocycles.